The number of aliphatic hydroxyl groups is 2. The molecule has 2 N–H and O–H groups in total. The number of rotatable bonds is 19. The summed E-state index contributed by atoms with van der Waals surface area (Å²) in [6.07, 6.45) is 11.9. The highest BCUT2D eigenvalue weighted by molar-refractivity contribution is 6.03. The molecule has 7 unspecified atom stereocenters. The molecule has 1 amide bonds. The Balaban J connectivity index is 1.45. The van der Waals surface area contributed by atoms with E-state index < -0.39 is 24.0 Å². The van der Waals surface area contributed by atoms with Crippen molar-refractivity contribution < 1.29 is 38.8 Å². The van der Waals surface area contributed by atoms with Crippen molar-refractivity contribution in [1.29, 1.82) is 5.26 Å². The Morgan fingerprint density at radius 2 is 1.76 bits per heavy atom. The smallest absolute Gasteiger partial charge is 0.254 e. The summed E-state index contributed by atoms with van der Waals surface area (Å²) < 4.78 is 27.2. The molecule has 0 bridgehead atoms. The first-order valence-electron chi connectivity index (χ1n) is 22.7. The molecule has 11 nitrogen and oxygen atoms in total. The number of hydrogen-bond acceptors (Lipinski definition) is 10. The van der Waals surface area contributed by atoms with Gasteiger partial charge in [0.25, 0.3) is 5.91 Å². The van der Waals surface area contributed by atoms with Crippen LogP contribution in [0.2, 0.25) is 0 Å². The summed E-state index contributed by atoms with van der Waals surface area (Å²) in [5.74, 6) is -0.0169. The second-order valence-corrected chi connectivity index (χ2v) is 17.2. The highest BCUT2D eigenvalue weighted by Gasteiger charge is 2.65. The van der Waals surface area contributed by atoms with Gasteiger partial charge in [0.15, 0.2) is 0 Å². The van der Waals surface area contributed by atoms with E-state index >= 15 is 0 Å². The highest BCUT2D eigenvalue weighted by atomic mass is 16.8. The molecule has 0 aromatic heterocycles. The van der Waals surface area contributed by atoms with Crippen LogP contribution in [0.3, 0.4) is 0 Å². The van der Waals surface area contributed by atoms with Crippen molar-refractivity contribution in [3.63, 3.8) is 0 Å². The van der Waals surface area contributed by atoms with Gasteiger partial charge < -0.3 is 38.9 Å². The first kappa shape index (κ1) is 45.0. The normalized spacial score (nSPS) is 25.7. The van der Waals surface area contributed by atoms with Gasteiger partial charge in [-0.05, 0) is 142 Å². The zero-order valence-corrected chi connectivity index (χ0v) is 36.6. The lowest BCUT2D eigenvalue weighted by Crippen LogP contribution is -2.70. The predicted molar refractivity (Wildman–Crippen MR) is 238 cm³/mol. The third kappa shape index (κ3) is 9.64. The first-order valence-corrected chi connectivity index (χ1v) is 22.7. The van der Waals surface area contributed by atoms with Crippen LogP contribution in [0.15, 0.2) is 90.1 Å². The molecule has 7 rings (SSSR count). The summed E-state index contributed by atoms with van der Waals surface area (Å²) in [5.41, 5.74) is 5.92. The standard InChI is InChI=1S/C51H63N3O8/c1-5-24-54(50(57)37-19-17-36(33-52)18-20-37)46-32-44(53-62-47-15-9-12-28-58-47)42-30-38(13-7-10-25-55)41(14-8-11-26-56)48-43-31-40(60-39-21-16-34(3)35(4)29-39)22-23-45(43)61-51(46,49(42)48)59-27-6-2/h6,16-23,29-31,38,41,46-49,55-56H,2,5,7-15,24-28,32H2,1,3-4H3. The zero-order valence-electron chi connectivity index (χ0n) is 36.6. The molecular weight excluding hydrogens is 783 g/mol. The van der Waals surface area contributed by atoms with Crippen LogP contribution >= 0.6 is 0 Å². The van der Waals surface area contributed by atoms with Crippen LogP contribution in [-0.2, 0) is 14.3 Å². The third-order valence-corrected chi connectivity index (χ3v) is 13.1. The highest BCUT2D eigenvalue weighted by Crippen LogP contribution is 2.62. The molecule has 330 valence electrons. The molecule has 3 aromatic carbocycles. The number of amides is 1. The van der Waals surface area contributed by atoms with Gasteiger partial charge in [-0.25, -0.2) is 0 Å². The van der Waals surface area contributed by atoms with Crippen LogP contribution in [0.25, 0.3) is 0 Å². The van der Waals surface area contributed by atoms with Crippen LogP contribution in [0.4, 0.5) is 0 Å². The molecule has 1 saturated heterocycles. The number of ether oxygens (including phenoxy) is 4. The molecule has 2 heterocycles. The summed E-state index contributed by atoms with van der Waals surface area (Å²) >= 11 is 0. The lowest BCUT2D eigenvalue weighted by molar-refractivity contribution is -0.254. The van der Waals surface area contributed by atoms with E-state index in [0.29, 0.717) is 55.0 Å². The number of fused-ring (bicyclic) bond motifs is 2. The number of aryl methyl sites for hydroxylation is 2. The van der Waals surface area contributed by atoms with Crippen molar-refractivity contribution in [1.82, 2.24) is 4.90 Å². The van der Waals surface area contributed by atoms with E-state index in [2.05, 4.69) is 51.6 Å². The lowest BCUT2D eigenvalue weighted by atomic mass is 9.55. The Bertz CT molecular complexity index is 2120. The molecule has 2 aliphatic heterocycles. The SMILES string of the molecule is C=CCOC12Oc3ccc(Oc4ccc(C)c(C)c4)cc3C3C(CCCCO)C(CCCCO)C=C(C(=NOC4CCCCO4)CC1N(CCC)C(=O)c1ccc(C#N)cc1)C32. The molecule has 0 spiro atoms. The Kier molecular flexibility index (Phi) is 15.2. The molecule has 62 heavy (non-hydrogen) atoms. The van der Waals surface area contributed by atoms with Crippen molar-refractivity contribution in [2.75, 3.05) is 33.0 Å². The molecule has 1 saturated carbocycles. The number of nitrogens with zero attached hydrogens (tertiary/aromatic N) is 3. The van der Waals surface area contributed by atoms with Crippen molar-refractivity contribution in [3.05, 3.63) is 113 Å². The molecule has 2 fully saturated rings. The van der Waals surface area contributed by atoms with E-state index in [-0.39, 0.29) is 49.9 Å². The largest absolute Gasteiger partial charge is 0.459 e. The molecule has 4 aliphatic rings. The van der Waals surface area contributed by atoms with Gasteiger partial charge in [0, 0.05) is 49.6 Å². The summed E-state index contributed by atoms with van der Waals surface area (Å²) in [6, 6.07) is 20.4. The number of aliphatic hydroxyl groups excluding tert-OH is 2. The summed E-state index contributed by atoms with van der Waals surface area (Å²) in [4.78, 5) is 23.1. The van der Waals surface area contributed by atoms with Crippen molar-refractivity contribution in [2.45, 2.75) is 115 Å². The van der Waals surface area contributed by atoms with Crippen molar-refractivity contribution in [3.8, 4) is 23.3 Å². The fourth-order valence-electron chi connectivity index (χ4n) is 10.0. The number of oxime groups is 1. The molecule has 3 aromatic rings. The van der Waals surface area contributed by atoms with E-state index in [1.54, 1.807) is 30.3 Å². The second-order valence-electron chi connectivity index (χ2n) is 17.2. The van der Waals surface area contributed by atoms with E-state index in [1.807, 2.05) is 29.2 Å². The minimum Gasteiger partial charge on any atom is -0.459 e. The van der Waals surface area contributed by atoms with Gasteiger partial charge in [0.05, 0.1) is 36.5 Å². The molecular formula is C51H63N3O8. The minimum absolute atomic E-state index is 0.0664. The summed E-state index contributed by atoms with van der Waals surface area (Å²) in [7, 11) is 0. The van der Waals surface area contributed by atoms with Gasteiger partial charge in [0.1, 0.15) is 23.3 Å². The van der Waals surface area contributed by atoms with Gasteiger partial charge in [-0.3, -0.25) is 4.79 Å². The van der Waals surface area contributed by atoms with Gasteiger partial charge in [0.2, 0.25) is 12.1 Å². The van der Waals surface area contributed by atoms with Crippen LogP contribution in [0, 0.1) is 42.9 Å². The number of benzene rings is 3. The number of nitriles is 1. The predicted octanol–water partition coefficient (Wildman–Crippen LogP) is 9.68. The Hall–Kier alpha value is -4.99. The quantitative estimate of drug-likeness (QED) is 0.0685. The number of allylic oxidation sites excluding steroid dienone is 1. The van der Waals surface area contributed by atoms with Gasteiger partial charge in [-0.1, -0.05) is 43.1 Å². The maximum absolute atomic E-state index is 15.0. The van der Waals surface area contributed by atoms with E-state index in [9.17, 15) is 20.3 Å². The number of hydrogen-bond donors (Lipinski definition) is 2. The van der Waals surface area contributed by atoms with E-state index in [0.717, 1.165) is 73.1 Å². The number of carbonyl (C=O) groups excluding carboxylic acids is 1. The molecule has 0 radical (unpaired) electrons. The fourth-order valence-corrected chi connectivity index (χ4v) is 10.0. The number of unbranched alkanes of at least 4 members (excludes halogenated alkanes) is 2. The maximum atomic E-state index is 15.0. The summed E-state index contributed by atoms with van der Waals surface area (Å²) in [5, 5.41) is 34.5. The third-order valence-electron chi connectivity index (χ3n) is 13.1. The average molecular weight is 846 g/mol. The van der Waals surface area contributed by atoms with Crippen molar-refractivity contribution >= 4 is 11.6 Å². The maximum Gasteiger partial charge on any atom is 0.254 e. The summed E-state index contributed by atoms with van der Waals surface area (Å²) in [6.45, 7) is 11.6. The molecule has 11 heteroatoms. The fraction of sp³-hybridized carbons (Fsp3) is 0.510. The van der Waals surface area contributed by atoms with E-state index in [1.165, 1.54) is 5.56 Å². The van der Waals surface area contributed by atoms with Crippen LogP contribution in [0.5, 0.6) is 17.2 Å². The Morgan fingerprint density at radius 3 is 2.45 bits per heavy atom. The monoisotopic (exact) mass is 845 g/mol. The van der Waals surface area contributed by atoms with E-state index in [4.69, 9.17) is 28.9 Å². The van der Waals surface area contributed by atoms with Gasteiger partial charge >= 0.3 is 0 Å². The van der Waals surface area contributed by atoms with Gasteiger partial charge in [-0.15, -0.1) is 6.58 Å². The first-order chi connectivity index (χ1) is 30.2. The molecule has 2 aliphatic carbocycles. The molecule has 7 atom stereocenters. The van der Waals surface area contributed by atoms with Crippen LogP contribution in [0.1, 0.15) is 116 Å². The van der Waals surface area contributed by atoms with Gasteiger partial charge in [-0.2, -0.15) is 5.26 Å². The van der Waals surface area contributed by atoms with Crippen LogP contribution in [-0.4, -0.2) is 77.8 Å². The minimum atomic E-state index is -1.39. The van der Waals surface area contributed by atoms with Crippen molar-refractivity contribution in [2.24, 2.45) is 22.9 Å². The number of carbonyl (C=O) groups is 1. The topological polar surface area (TPSA) is 143 Å². The zero-order chi connectivity index (χ0) is 43.6. The Morgan fingerprint density at radius 1 is 1.00 bits per heavy atom. The van der Waals surface area contributed by atoms with Crippen LogP contribution < -0.4 is 9.47 Å². The average Bonchev–Trinajstić information content (AvgIpc) is 3.29. The lowest BCUT2D eigenvalue weighted by Gasteiger charge is -2.60. The Labute approximate surface area is 367 Å². The second kappa shape index (κ2) is 20.9.